The average Bonchev–Trinajstić information content (AvgIpc) is 3.24. The largest absolute Gasteiger partial charge is 0.351 e. The molecule has 1 amide bonds. The standard InChI is InChI=1S/C20H15F3N4OS/c1-10-18(29-20(25-10)17-12(22)3-2-4-13(17)23)19(28)24-8-7-16-26-14-6-5-11(21)9-15(14)27-16/h2-6,9H,7-8H2,1H3,(H,24,28)(H,26,27). The lowest BCUT2D eigenvalue weighted by molar-refractivity contribution is 0.0957. The number of carbonyl (C=O) groups is 1. The molecule has 0 bridgehead atoms. The number of benzene rings is 2. The van der Waals surface area contributed by atoms with Gasteiger partial charge in [0.05, 0.1) is 22.3 Å². The quantitative estimate of drug-likeness (QED) is 0.507. The second-order valence-electron chi connectivity index (χ2n) is 6.38. The first-order valence-corrected chi connectivity index (χ1v) is 9.58. The second kappa shape index (κ2) is 7.67. The van der Waals surface area contributed by atoms with Crippen LogP contribution in [0.15, 0.2) is 36.4 Å². The van der Waals surface area contributed by atoms with Gasteiger partial charge in [0.15, 0.2) is 0 Å². The molecule has 0 spiro atoms. The van der Waals surface area contributed by atoms with E-state index in [1.165, 1.54) is 18.2 Å². The van der Waals surface area contributed by atoms with Crippen molar-refractivity contribution in [1.82, 2.24) is 20.3 Å². The van der Waals surface area contributed by atoms with Crippen LogP contribution in [0.3, 0.4) is 0 Å². The van der Waals surface area contributed by atoms with Crippen molar-refractivity contribution >= 4 is 28.3 Å². The van der Waals surface area contributed by atoms with Crippen LogP contribution < -0.4 is 5.32 Å². The molecule has 0 saturated heterocycles. The molecule has 2 aromatic carbocycles. The van der Waals surface area contributed by atoms with E-state index in [1.54, 1.807) is 13.0 Å². The number of hydrogen-bond acceptors (Lipinski definition) is 4. The molecule has 2 N–H and O–H groups in total. The molecule has 5 nitrogen and oxygen atoms in total. The maximum atomic E-state index is 14.0. The summed E-state index contributed by atoms with van der Waals surface area (Å²) in [6, 6.07) is 7.83. The normalized spacial score (nSPS) is 11.2. The van der Waals surface area contributed by atoms with E-state index >= 15 is 0 Å². The molecule has 0 atom stereocenters. The van der Waals surface area contributed by atoms with Crippen LogP contribution in [0.25, 0.3) is 21.6 Å². The van der Waals surface area contributed by atoms with Gasteiger partial charge in [0.25, 0.3) is 5.91 Å². The van der Waals surface area contributed by atoms with Crippen LogP contribution in [0, 0.1) is 24.4 Å². The van der Waals surface area contributed by atoms with E-state index in [2.05, 4.69) is 20.3 Å². The number of amides is 1. The predicted molar refractivity (Wildman–Crippen MR) is 104 cm³/mol. The number of aromatic nitrogens is 3. The number of hydrogen-bond donors (Lipinski definition) is 2. The van der Waals surface area contributed by atoms with E-state index in [0.29, 0.717) is 29.0 Å². The third-order valence-corrected chi connectivity index (χ3v) is 5.49. The number of aryl methyl sites for hydroxylation is 1. The Bertz CT molecular complexity index is 1200. The molecule has 0 aliphatic carbocycles. The van der Waals surface area contributed by atoms with E-state index in [0.717, 1.165) is 23.5 Å². The number of aromatic amines is 1. The maximum Gasteiger partial charge on any atom is 0.263 e. The van der Waals surface area contributed by atoms with E-state index in [1.807, 2.05) is 0 Å². The SMILES string of the molecule is Cc1nc(-c2c(F)cccc2F)sc1C(=O)NCCc1nc2ccc(F)cc2[nH]1. The highest BCUT2D eigenvalue weighted by Crippen LogP contribution is 2.31. The molecule has 2 aromatic heterocycles. The summed E-state index contributed by atoms with van der Waals surface area (Å²) in [6.07, 6.45) is 0.411. The van der Waals surface area contributed by atoms with E-state index in [4.69, 9.17) is 0 Å². The monoisotopic (exact) mass is 416 g/mol. The zero-order chi connectivity index (χ0) is 20.5. The molecule has 0 fully saturated rings. The number of nitrogens with zero attached hydrogens (tertiary/aromatic N) is 2. The molecule has 0 aliphatic rings. The van der Waals surface area contributed by atoms with Crippen LogP contribution in [-0.4, -0.2) is 27.4 Å². The summed E-state index contributed by atoms with van der Waals surface area (Å²) in [4.78, 5) is 24.3. The molecule has 9 heteroatoms. The number of H-pyrrole nitrogens is 1. The first-order chi connectivity index (χ1) is 13.9. The van der Waals surface area contributed by atoms with Crippen molar-refractivity contribution in [1.29, 1.82) is 0 Å². The fourth-order valence-corrected chi connectivity index (χ4v) is 3.98. The van der Waals surface area contributed by atoms with Crippen LogP contribution in [0.5, 0.6) is 0 Å². The smallest absolute Gasteiger partial charge is 0.263 e. The Hall–Kier alpha value is -3.20. The highest BCUT2D eigenvalue weighted by Gasteiger charge is 2.20. The van der Waals surface area contributed by atoms with Gasteiger partial charge in [0.2, 0.25) is 0 Å². The molecule has 29 heavy (non-hydrogen) atoms. The Morgan fingerprint density at radius 2 is 1.90 bits per heavy atom. The lowest BCUT2D eigenvalue weighted by Crippen LogP contribution is -2.25. The number of halogens is 3. The fraction of sp³-hybridized carbons (Fsp3) is 0.150. The summed E-state index contributed by atoms with van der Waals surface area (Å²) < 4.78 is 41.2. The van der Waals surface area contributed by atoms with Gasteiger partial charge < -0.3 is 10.3 Å². The third-order valence-electron chi connectivity index (χ3n) is 4.32. The molecule has 0 saturated carbocycles. The summed E-state index contributed by atoms with van der Waals surface area (Å²) in [7, 11) is 0. The summed E-state index contributed by atoms with van der Waals surface area (Å²) >= 11 is 0.932. The van der Waals surface area contributed by atoms with Gasteiger partial charge in [-0.1, -0.05) is 6.07 Å². The van der Waals surface area contributed by atoms with Gasteiger partial charge in [-0.25, -0.2) is 23.1 Å². The van der Waals surface area contributed by atoms with E-state index in [9.17, 15) is 18.0 Å². The summed E-state index contributed by atoms with van der Waals surface area (Å²) in [6.45, 7) is 1.89. The van der Waals surface area contributed by atoms with E-state index < -0.39 is 11.6 Å². The van der Waals surface area contributed by atoms with Gasteiger partial charge in [0.1, 0.15) is 33.2 Å². The van der Waals surface area contributed by atoms with Crippen molar-refractivity contribution in [3.05, 3.63) is 70.2 Å². The average molecular weight is 416 g/mol. The Kier molecular flexibility index (Phi) is 5.06. The van der Waals surface area contributed by atoms with Crippen LogP contribution in [0.4, 0.5) is 13.2 Å². The van der Waals surface area contributed by atoms with Gasteiger partial charge in [0, 0.05) is 13.0 Å². The predicted octanol–water partition coefficient (Wildman–Crippen LogP) is 4.38. The summed E-state index contributed by atoms with van der Waals surface area (Å²) in [5.74, 6) is -1.59. The minimum Gasteiger partial charge on any atom is -0.351 e. The highest BCUT2D eigenvalue weighted by atomic mass is 32.1. The Morgan fingerprint density at radius 1 is 1.14 bits per heavy atom. The van der Waals surface area contributed by atoms with Crippen LogP contribution in [-0.2, 0) is 6.42 Å². The van der Waals surface area contributed by atoms with Crippen LogP contribution in [0.2, 0.25) is 0 Å². The molecular formula is C20H15F3N4OS. The Morgan fingerprint density at radius 3 is 2.66 bits per heavy atom. The second-order valence-corrected chi connectivity index (χ2v) is 7.38. The summed E-state index contributed by atoms with van der Waals surface area (Å²) in [5.41, 5.74) is 1.38. The highest BCUT2D eigenvalue weighted by molar-refractivity contribution is 7.17. The van der Waals surface area contributed by atoms with Gasteiger partial charge in [-0.2, -0.15) is 0 Å². The zero-order valence-corrected chi connectivity index (χ0v) is 16.0. The molecule has 0 unspecified atom stereocenters. The first kappa shape index (κ1) is 19.1. The summed E-state index contributed by atoms with van der Waals surface area (Å²) in [5, 5.41) is 2.86. The molecule has 4 aromatic rings. The molecular weight excluding hydrogens is 401 g/mol. The fourth-order valence-electron chi connectivity index (χ4n) is 2.94. The lowest BCUT2D eigenvalue weighted by atomic mass is 10.2. The molecule has 0 aliphatic heterocycles. The van der Waals surface area contributed by atoms with Gasteiger partial charge >= 0.3 is 0 Å². The van der Waals surface area contributed by atoms with Crippen LogP contribution in [0.1, 0.15) is 21.2 Å². The number of carbonyl (C=O) groups excluding carboxylic acids is 1. The number of imidazole rings is 1. The molecule has 4 rings (SSSR count). The van der Waals surface area contributed by atoms with Crippen molar-refractivity contribution < 1.29 is 18.0 Å². The van der Waals surface area contributed by atoms with Crippen molar-refractivity contribution in [3.63, 3.8) is 0 Å². The van der Waals surface area contributed by atoms with Gasteiger partial charge in [-0.3, -0.25) is 4.79 Å². The van der Waals surface area contributed by atoms with E-state index in [-0.39, 0.29) is 33.7 Å². The van der Waals surface area contributed by atoms with Gasteiger partial charge in [-0.05, 0) is 37.3 Å². The molecule has 0 radical (unpaired) electrons. The van der Waals surface area contributed by atoms with Crippen molar-refractivity contribution in [3.8, 4) is 10.6 Å². The van der Waals surface area contributed by atoms with Gasteiger partial charge in [-0.15, -0.1) is 11.3 Å². The number of thiazole rings is 1. The van der Waals surface area contributed by atoms with Crippen molar-refractivity contribution in [2.24, 2.45) is 0 Å². The number of nitrogens with one attached hydrogen (secondary N) is 2. The zero-order valence-electron chi connectivity index (χ0n) is 15.2. The topological polar surface area (TPSA) is 70.7 Å². The Labute approximate surface area is 167 Å². The minimum absolute atomic E-state index is 0.113. The minimum atomic E-state index is -0.730. The number of fused-ring (bicyclic) bond motifs is 1. The Balaban J connectivity index is 1.45. The van der Waals surface area contributed by atoms with Crippen molar-refractivity contribution in [2.45, 2.75) is 13.3 Å². The third kappa shape index (κ3) is 3.86. The molecule has 148 valence electrons. The first-order valence-electron chi connectivity index (χ1n) is 8.76. The molecule has 2 heterocycles. The number of rotatable bonds is 5. The maximum absolute atomic E-state index is 14.0. The van der Waals surface area contributed by atoms with Crippen molar-refractivity contribution in [2.75, 3.05) is 6.54 Å². The lowest BCUT2D eigenvalue weighted by Gasteiger charge is -2.02. The van der Waals surface area contributed by atoms with Crippen LogP contribution >= 0.6 is 11.3 Å².